The Morgan fingerprint density at radius 1 is 1.12 bits per heavy atom. The number of ether oxygens (including phenoxy) is 1. The van der Waals surface area contributed by atoms with E-state index in [-0.39, 0.29) is 5.97 Å². The summed E-state index contributed by atoms with van der Waals surface area (Å²) in [5.74, 6) is 0.236. The number of hydrogen-bond acceptors (Lipinski definition) is 2. The first kappa shape index (κ1) is 11.6. The zero-order chi connectivity index (χ0) is 11.7. The molecule has 2 rings (SSSR count). The molecule has 0 unspecified atom stereocenters. The summed E-state index contributed by atoms with van der Waals surface area (Å²) in [5.41, 5.74) is 0. The first-order valence-electron chi connectivity index (χ1n) is 4.65. The summed E-state index contributed by atoms with van der Waals surface area (Å²) in [6.45, 7) is 1.39. The lowest BCUT2D eigenvalue weighted by atomic mass is 10.1. The fraction of sp³-hybridized carbons (Fsp3) is 0.0833. The standard InChI is InChI=1S/C12H8Br2O2/c1-7(15)16-12-9-5-3-2-4-8(9)10(13)6-11(12)14/h2-6H,1H3. The van der Waals surface area contributed by atoms with Crippen LogP contribution in [0.5, 0.6) is 5.75 Å². The van der Waals surface area contributed by atoms with Gasteiger partial charge in [-0.05, 0) is 27.4 Å². The van der Waals surface area contributed by atoms with E-state index in [1.807, 2.05) is 30.3 Å². The van der Waals surface area contributed by atoms with Crippen LogP contribution in [0, 0.1) is 0 Å². The van der Waals surface area contributed by atoms with E-state index >= 15 is 0 Å². The lowest BCUT2D eigenvalue weighted by Gasteiger charge is -2.09. The van der Waals surface area contributed by atoms with E-state index in [2.05, 4.69) is 31.9 Å². The van der Waals surface area contributed by atoms with Crippen molar-refractivity contribution in [3.8, 4) is 5.75 Å². The van der Waals surface area contributed by atoms with Crippen LogP contribution >= 0.6 is 31.9 Å². The molecule has 0 amide bonds. The molecule has 0 radical (unpaired) electrons. The van der Waals surface area contributed by atoms with Crippen molar-refractivity contribution in [2.24, 2.45) is 0 Å². The van der Waals surface area contributed by atoms with E-state index in [9.17, 15) is 4.79 Å². The molecule has 0 fully saturated rings. The van der Waals surface area contributed by atoms with Crippen LogP contribution in [0.15, 0.2) is 39.3 Å². The Hall–Kier alpha value is -0.870. The van der Waals surface area contributed by atoms with Crippen LogP contribution in [0.2, 0.25) is 0 Å². The van der Waals surface area contributed by atoms with Crippen molar-refractivity contribution in [2.75, 3.05) is 0 Å². The van der Waals surface area contributed by atoms with Gasteiger partial charge in [-0.2, -0.15) is 0 Å². The van der Waals surface area contributed by atoms with Crippen LogP contribution in [0.1, 0.15) is 6.92 Å². The maximum absolute atomic E-state index is 11.0. The average Bonchev–Trinajstić information content (AvgIpc) is 2.24. The Balaban J connectivity index is 2.76. The highest BCUT2D eigenvalue weighted by molar-refractivity contribution is 9.11. The molecular formula is C12H8Br2O2. The number of fused-ring (bicyclic) bond motifs is 1. The van der Waals surface area contributed by atoms with E-state index in [1.165, 1.54) is 6.92 Å². The second-order valence-corrected chi connectivity index (χ2v) is 5.02. The van der Waals surface area contributed by atoms with Crippen LogP contribution in [-0.2, 0) is 4.79 Å². The monoisotopic (exact) mass is 342 g/mol. The third-order valence-corrected chi connectivity index (χ3v) is 3.39. The molecule has 0 saturated carbocycles. The largest absolute Gasteiger partial charge is 0.425 e. The molecule has 4 heteroatoms. The van der Waals surface area contributed by atoms with Gasteiger partial charge in [0.2, 0.25) is 0 Å². The van der Waals surface area contributed by atoms with E-state index in [0.29, 0.717) is 5.75 Å². The molecule has 0 aliphatic heterocycles. The third kappa shape index (κ3) is 2.13. The minimum atomic E-state index is -0.326. The molecule has 16 heavy (non-hydrogen) atoms. The molecule has 0 aliphatic carbocycles. The van der Waals surface area contributed by atoms with Gasteiger partial charge in [-0.15, -0.1) is 0 Å². The highest BCUT2D eigenvalue weighted by Gasteiger charge is 2.11. The van der Waals surface area contributed by atoms with Crippen molar-refractivity contribution in [3.05, 3.63) is 39.3 Å². The van der Waals surface area contributed by atoms with E-state index in [0.717, 1.165) is 19.7 Å². The number of rotatable bonds is 1. The van der Waals surface area contributed by atoms with Crippen LogP contribution < -0.4 is 4.74 Å². The number of halogens is 2. The van der Waals surface area contributed by atoms with Crippen LogP contribution in [0.3, 0.4) is 0 Å². The summed E-state index contributed by atoms with van der Waals surface area (Å²) >= 11 is 6.87. The molecule has 0 aromatic heterocycles. The minimum absolute atomic E-state index is 0.326. The topological polar surface area (TPSA) is 26.3 Å². The Morgan fingerprint density at radius 3 is 2.38 bits per heavy atom. The van der Waals surface area contributed by atoms with E-state index in [4.69, 9.17) is 4.74 Å². The van der Waals surface area contributed by atoms with Gasteiger partial charge in [0.05, 0.1) is 4.47 Å². The third-order valence-electron chi connectivity index (χ3n) is 2.15. The molecule has 0 N–H and O–H groups in total. The van der Waals surface area contributed by atoms with Gasteiger partial charge in [-0.3, -0.25) is 4.79 Å². The van der Waals surface area contributed by atoms with Gasteiger partial charge in [0.15, 0.2) is 5.75 Å². The maximum atomic E-state index is 11.0. The molecular weight excluding hydrogens is 336 g/mol. The maximum Gasteiger partial charge on any atom is 0.308 e. The molecule has 0 bridgehead atoms. The zero-order valence-corrected chi connectivity index (χ0v) is 11.6. The first-order chi connectivity index (χ1) is 7.59. The number of esters is 1. The van der Waals surface area contributed by atoms with Crippen LogP contribution in [0.25, 0.3) is 10.8 Å². The number of benzene rings is 2. The molecule has 2 nitrogen and oxygen atoms in total. The fourth-order valence-electron chi connectivity index (χ4n) is 1.52. The van der Waals surface area contributed by atoms with Gasteiger partial charge in [0.25, 0.3) is 0 Å². The minimum Gasteiger partial charge on any atom is -0.425 e. The quantitative estimate of drug-likeness (QED) is 0.570. The number of carbonyl (C=O) groups is 1. The fourth-order valence-corrected chi connectivity index (χ4v) is 2.93. The van der Waals surface area contributed by atoms with Crippen molar-refractivity contribution in [1.29, 1.82) is 0 Å². The summed E-state index contributed by atoms with van der Waals surface area (Å²) in [7, 11) is 0. The smallest absolute Gasteiger partial charge is 0.308 e. The summed E-state index contributed by atoms with van der Waals surface area (Å²) in [6, 6.07) is 9.62. The van der Waals surface area contributed by atoms with Crippen molar-refractivity contribution in [2.45, 2.75) is 6.92 Å². The van der Waals surface area contributed by atoms with Gasteiger partial charge in [0.1, 0.15) is 0 Å². The zero-order valence-electron chi connectivity index (χ0n) is 8.46. The molecule has 0 heterocycles. The van der Waals surface area contributed by atoms with E-state index in [1.54, 1.807) is 0 Å². The molecule has 2 aromatic carbocycles. The van der Waals surface area contributed by atoms with Gasteiger partial charge in [-0.1, -0.05) is 40.2 Å². The molecule has 82 valence electrons. The van der Waals surface area contributed by atoms with Gasteiger partial charge >= 0.3 is 5.97 Å². The SMILES string of the molecule is CC(=O)Oc1c(Br)cc(Br)c2ccccc12. The number of hydrogen-bond donors (Lipinski definition) is 0. The second kappa shape index (κ2) is 4.55. The normalized spacial score (nSPS) is 10.4. The van der Waals surface area contributed by atoms with Crippen molar-refractivity contribution in [1.82, 2.24) is 0 Å². The van der Waals surface area contributed by atoms with E-state index < -0.39 is 0 Å². The van der Waals surface area contributed by atoms with Crippen molar-refractivity contribution < 1.29 is 9.53 Å². The Bertz CT molecular complexity index is 564. The Labute approximate surface area is 110 Å². The first-order valence-corrected chi connectivity index (χ1v) is 6.23. The highest BCUT2D eigenvalue weighted by atomic mass is 79.9. The van der Waals surface area contributed by atoms with Crippen LogP contribution in [-0.4, -0.2) is 5.97 Å². The highest BCUT2D eigenvalue weighted by Crippen LogP contribution is 2.38. The van der Waals surface area contributed by atoms with Crippen molar-refractivity contribution >= 4 is 48.6 Å². The second-order valence-electron chi connectivity index (χ2n) is 3.31. The van der Waals surface area contributed by atoms with Gasteiger partial charge in [0, 0.05) is 16.8 Å². The average molecular weight is 344 g/mol. The lowest BCUT2D eigenvalue weighted by molar-refractivity contribution is -0.131. The molecule has 0 spiro atoms. The molecule has 0 saturated heterocycles. The van der Waals surface area contributed by atoms with Crippen molar-refractivity contribution in [3.63, 3.8) is 0 Å². The molecule has 0 aliphatic rings. The summed E-state index contributed by atoms with van der Waals surface area (Å²) in [5, 5.41) is 1.92. The predicted molar refractivity (Wildman–Crippen MR) is 70.7 cm³/mol. The molecule has 0 atom stereocenters. The van der Waals surface area contributed by atoms with Crippen LogP contribution in [0.4, 0.5) is 0 Å². The summed E-state index contributed by atoms with van der Waals surface area (Å²) in [4.78, 5) is 11.0. The number of carbonyl (C=O) groups excluding carboxylic acids is 1. The van der Waals surface area contributed by atoms with Gasteiger partial charge < -0.3 is 4.74 Å². The Morgan fingerprint density at radius 2 is 1.75 bits per heavy atom. The predicted octanol–water partition coefficient (Wildman–Crippen LogP) is 4.29. The summed E-state index contributed by atoms with van der Waals surface area (Å²) in [6.07, 6.45) is 0. The summed E-state index contributed by atoms with van der Waals surface area (Å²) < 4.78 is 6.93. The lowest BCUT2D eigenvalue weighted by Crippen LogP contribution is -2.02. The Kier molecular flexibility index (Phi) is 3.30. The van der Waals surface area contributed by atoms with Gasteiger partial charge in [-0.25, -0.2) is 0 Å². The molecule has 2 aromatic rings.